The molecule has 3 heterocycles. The first-order valence-corrected chi connectivity index (χ1v) is 11.5. The van der Waals surface area contributed by atoms with Crippen molar-refractivity contribution in [3.05, 3.63) is 83.6 Å². The van der Waals surface area contributed by atoms with Gasteiger partial charge in [-0.15, -0.1) is 10.2 Å². The highest BCUT2D eigenvalue weighted by atomic mass is 16.4. The van der Waals surface area contributed by atoms with Crippen molar-refractivity contribution < 1.29 is 9.21 Å². The van der Waals surface area contributed by atoms with Crippen molar-refractivity contribution in [2.75, 3.05) is 26.2 Å². The molecule has 2 aliphatic heterocycles. The van der Waals surface area contributed by atoms with Crippen LogP contribution in [0, 0.1) is 12.8 Å². The summed E-state index contributed by atoms with van der Waals surface area (Å²) < 4.78 is 5.97. The first-order valence-electron chi connectivity index (χ1n) is 11.5. The number of piperidine rings is 1. The van der Waals surface area contributed by atoms with Gasteiger partial charge in [-0.1, -0.05) is 60.7 Å². The van der Waals surface area contributed by atoms with Gasteiger partial charge < -0.3 is 9.32 Å². The Balaban J connectivity index is 1.31. The van der Waals surface area contributed by atoms with Crippen LogP contribution in [0.4, 0.5) is 0 Å². The number of likely N-dealkylation sites (tertiary alicyclic amines) is 2. The van der Waals surface area contributed by atoms with Crippen LogP contribution in [0.3, 0.4) is 0 Å². The van der Waals surface area contributed by atoms with Gasteiger partial charge in [0.2, 0.25) is 17.7 Å². The SMILES string of the molecule is Cc1nnc([C@]23CCN(C(=O)CCc4ccccc4)C[C@H]2CN(Cc2ccccc2)C3)o1. The summed E-state index contributed by atoms with van der Waals surface area (Å²) in [6.45, 7) is 6.05. The highest BCUT2D eigenvalue weighted by molar-refractivity contribution is 5.76. The Bertz CT molecular complexity index is 1050. The molecule has 2 aromatic carbocycles. The van der Waals surface area contributed by atoms with Gasteiger partial charge in [0.25, 0.3) is 0 Å². The third-order valence-corrected chi connectivity index (χ3v) is 7.06. The third kappa shape index (κ3) is 4.19. The van der Waals surface area contributed by atoms with Crippen molar-refractivity contribution in [1.82, 2.24) is 20.0 Å². The molecule has 0 bridgehead atoms. The molecule has 1 aromatic heterocycles. The zero-order chi connectivity index (χ0) is 22.0. The quantitative estimate of drug-likeness (QED) is 0.598. The minimum absolute atomic E-state index is 0.174. The maximum Gasteiger partial charge on any atom is 0.224 e. The summed E-state index contributed by atoms with van der Waals surface area (Å²) in [7, 11) is 0. The topological polar surface area (TPSA) is 62.5 Å². The van der Waals surface area contributed by atoms with E-state index in [1.54, 1.807) is 0 Å². The molecule has 2 aliphatic rings. The summed E-state index contributed by atoms with van der Waals surface area (Å²) in [6, 6.07) is 20.8. The molecule has 2 atom stereocenters. The lowest BCUT2D eigenvalue weighted by atomic mass is 9.72. The van der Waals surface area contributed by atoms with Gasteiger partial charge in [-0.2, -0.15) is 0 Å². The van der Waals surface area contributed by atoms with Crippen molar-refractivity contribution in [2.24, 2.45) is 5.92 Å². The molecule has 166 valence electrons. The van der Waals surface area contributed by atoms with E-state index in [4.69, 9.17) is 4.42 Å². The number of benzene rings is 2. The third-order valence-electron chi connectivity index (χ3n) is 7.06. The predicted octanol–water partition coefficient (Wildman–Crippen LogP) is 3.61. The second-order valence-electron chi connectivity index (χ2n) is 9.21. The van der Waals surface area contributed by atoms with E-state index in [9.17, 15) is 4.79 Å². The van der Waals surface area contributed by atoms with Gasteiger partial charge in [0.15, 0.2) is 0 Å². The molecule has 32 heavy (non-hydrogen) atoms. The lowest BCUT2D eigenvalue weighted by Gasteiger charge is -2.41. The summed E-state index contributed by atoms with van der Waals surface area (Å²) in [5, 5.41) is 8.57. The van der Waals surface area contributed by atoms with Crippen LogP contribution >= 0.6 is 0 Å². The van der Waals surface area contributed by atoms with Crippen molar-refractivity contribution in [3.63, 3.8) is 0 Å². The van der Waals surface area contributed by atoms with Crippen LogP contribution in [0.5, 0.6) is 0 Å². The Kier molecular flexibility index (Phi) is 5.79. The highest BCUT2D eigenvalue weighted by Crippen LogP contribution is 2.45. The number of aromatic nitrogens is 2. The number of carbonyl (C=O) groups is 1. The molecule has 0 spiro atoms. The molecule has 0 unspecified atom stereocenters. The molecule has 2 fully saturated rings. The standard InChI is InChI=1S/C26H30N4O2/c1-20-27-28-25(32-20)26-14-15-30(24(31)13-12-21-8-4-2-5-9-21)18-23(26)17-29(19-26)16-22-10-6-3-7-11-22/h2-11,23H,12-19H2,1H3/t23-,26+/m1/s1. The number of rotatable bonds is 6. The van der Waals surface area contributed by atoms with Crippen molar-refractivity contribution in [1.29, 1.82) is 0 Å². The minimum atomic E-state index is -0.174. The molecule has 1 amide bonds. The first-order chi connectivity index (χ1) is 15.6. The van der Waals surface area contributed by atoms with E-state index in [1.165, 1.54) is 11.1 Å². The number of carbonyl (C=O) groups excluding carboxylic acids is 1. The van der Waals surface area contributed by atoms with Crippen LogP contribution in [0.2, 0.25) is 0 Å². The molecular weight excluding hydrogens is 400 g/mol. The Morgan fingerprint density at radius 3 is 2.44 bits per heavy atom. The zero-order valence-corrected chi connectivity index (χ0v) is 18.6. The summed E-state index contributed by atoms with van der Waals surface area (Å²) in [5.41, 5.74) is 2.34. The summed E-state index contributed by atoms with van der Waals surface area (Å²) >= 11 is 0. The Morgan fingerprint density at radius 2 is 1.75 bits per heavy atom. The van der Waals surface area contributed by atoms with Gasteiger partial charge in [-0.05, 0) is 24.0 Å². The smallest absolute Gasteiger partial charge is 0.224 e. The molecule has 0 aliphatic carbocycles. The van der Waals surface area contributed by atoms with Gasteiger partial charge in [0.05, 0.1) is 5.41 Å². The van der Waals surface area contributed by atoms with E-state index in [1.807, 2.05) is 25.1 Å². The molecule has 0 saturated carbocycles. The van der Waals surface area contributed by atoms with Crippen molar-refractivity contribution in [3.8, 4) is 0 Å². The number of hydrogen-bond acceptors (Lipinski definition) is 5. The van der Waals surface area contributed by atoms with E-state index >= 15 is 0 Å². The van der Waals surface area contributed by atoms with Gasteiger partial charge in [-0.25, -0.2) is 0 Å². The average molecular weight is 431 g/mol. The lowest BCUT2D eigenvalue weighted by molar-refractivity contribution is -0.133. The van der Waals surface area contributed by atoms with E-state index in [0.29, 0.717) is 18.2 Å². The van der Waals surface area contributed by atoms with Crippen molar-refractivity contribution in [2.45, 2.75) is 38.1 Å². The van der Waals surface area contributed by atoms with Crippen LogP contribution in [0.25, 0.3) is 0 Å². The van der Waals surface area contributed by atoms with E-state index in [0.717, 1.165) is 51.5 Å². The molecule has 2 saturated heterocycles. The van der Waals surface area contributed by atoms with Crippen LogP contribution < -0.4 is 0 Å². The molecule has 6 nitrogen and oxygen atoms in total. The van der Waals surface area contributed by atoms with E-state index in [2.05, 4.69) is 62.5 Å². The van der Waals surface area contributed by atoms with Crippen LogP contribution in [0.1, 0.15) is 35.7 Å². The highest BCUT2D eigenvalue weighted by Gasteiger charge is 2.54. The number of nitrogens with zero attached hydrogens (tertiary/aromatic N) is 4. The largest absolute Gasteiger partial charge is 0.425 e. The predicted molar refractivity (Wildman–Crippen MR) is 122 cm³/mol. The number of fused-ring (bicyclic) bond motifs is 1. The maximum atomic E-state index is 13.0. The van der Waals surface area contributed by atoms with Gasteiger partial charge >= 0.3 is 0 Å². The first kappa shape index (κ1) is 20.9. The molecule has 0 N–H and O–H groups in total. The Hall–Kier alpha value is -2.99. The fourth-order valence-electron chi connectivity index (χ4n) is 5.38. The molecular formula is C26H30N4O2. The second-order valence-corrected chi connectivity index (χ2v) is 9.21. The van der Waals surface area contributed by atoms with Crippen LogP contribution in [-0.2, 0) is 23.2 Å². The second kappa shape index (κ2) is 8.87. The lowest BCUT2D eigenvalue weighted by Crippen LogP contribution is -2.51. The van der Waals surface area contributed by atoms with Crippen LogP contribution in [0.15, 0.2) is 65.1 Å². The Labute approximate surface area is 189 Å². The molecule has 3 aromatic rings. The minimum Gasteiger partial charge on any atom is -0.425 e. The average Bonchev–Trinajstić information content (AvgIpc) is 3.42. The molecule has 0 radical (unpaired) electrons. The maximum absolute atomic E-state index is 13.0. The summed E-state index contributed by atoms with van der Waals surface area (Å²) in [6.07, 6.45) is 2.20. The van der Waals surface area contributed by atoms with E-state index < -0.39 is 0 Å². The Morgan fingerprint density at radius 1 is 1.03 bits per heavy atom. The normalized spacial score (nSPS) is 23.3. The summed E-state index contributed by atoms with van der Waals surface area (Å²) in [4.78, 5) is 17.6. The molecule has 6 heteroatoms. The fraction of sp³-hybridized carbons (Fsp3) is 0.423. The van der Waals surface area contributed by atoms with Crippen molar-refractivity contribution >= 4 is 5.91 Å². The number of hydrogen-bond donors (Lipinski definition) is 0. The monoisotopic (exact) mass is 430 g/mol. The van der Waals surface area contributed by atoms with Gasteiger partial charge in [-0.3, -0.25) is 9.69 Å². The number of amides is 1. The molecule has 5 rings (SSSR count). The number of aryl methyl sites for hydroxylation is 2. The zero-order valence-electron chi connectivity index (χ0n) is 18.6. The van der Waals surface area contributed by atoms with E-state index in [-0.39, 0.29) is 11.3 Å². The van der Waals surface area contributed by atoms with Crippen LogP contribution in [-0.4, -0.2) is 52.1 Å². The van der Waals surface area contributed by atoms with Gasteiger partial charge in [0.1, 0.15) is 0 Å². The fourth-order valence-corrected chi connectivity index (χ4v) is 5.38. The summed E-state index contributed by atoms with van der Waals surface area (Å²) in [5.74, 6) is 1.88. The van der Waals surface area contributed by atoms with Gasteiger partial charge in [0, 0.05) is 52.0 Å².